The summed E-state index contributed by atoms with van der Waals surface area (Å²) >= 11 is 7.38. The van der Waals surface area contributed by atoms with Crippen molar-refractivity contribution in [3.8, 4) is 0 Å². The number of anilines is 1. The first kappa shape index (κ1) is 18.9. The summed E-state index contributed by atoms with van der Waals surface area (Å²) in [5, 5.41) is 4.07. The monoisotopic (exact) mass is 391 g/mol. The van der Waals surface area contributed by atoms with E-state index in [2.05, 4.69) is 12.2 Å². The van der Waals surface area contributed by atoms with Crippen LogP contribution >= 0.6 is 22.9 Å². The molecule has 4 nitrogen and oxygen atoms in total. The summed E-state index contributed by atoms with van der Waals surface area (Å²) in [5.41, 5.74) is 2.08. The highest BCUT2D eigenvalue weighted by Crippen LogP contribution is 2.40. The largest absolute Gasteiger partial charge is 0.462 e. The van der Waals surface area contributed by atoms with Crippen molar-refractivity contribution in [2.24, 2.45) is 5.92 Å². The SMILES string of the molecule is CCCOC(=O)c1c(NC(=O)c2ccc(Cl)cc2)sc2c1CCC(C)C2. The molecule has 1 N–H and O–H groups in total. The van der Waals surface area contributed by atoms with Crippen molar-refractivity contribution in [2.75, 3.05) is 11.9 Å². The first-order valence-electron chi connectivity index (χ1n) is 8.88. The van der Waals surface area contributed by atoms with E-state index >= 15 is 0 Å². The Kier molecular flexibility index (Phi) is 5.99. The number of benzene rings is 1. The molecule has 3 rings (SSSR count). The summed E-state index contributed by atoms with van der Waals surface area (Å²) in [6, 6.07) is 6.69. The minimum atomic E-state index is -0.342. The Morgan fingerprint density at radius 1 is 1.31 bits per heavy atom. The maximum Gasteiger partial charge on any atom is 0.341 e. The Morgan fingerprint density at radius 2 is 2.04 bits per heavy atom. The maximum absolute atomic E-state index is 12.6. The molecule has 6 heteroatoms. The minimum absolute atomic E-state index is 0.252. The number of hydrogen-bond donors (Lipinski definition) is 1. The van der Waals surface area contributed by atoms with Crippen LogP contribution in [0.2, 0.25) is 5.02 Å². The molecular weight excluding hydrogens is 370 g/mol. The summed E-state index contributed by atoms with van der Waals surface area (Å²) in [7, 11) is 0. The molecule has 1 unspecified atom stereocenters. The fraction of sp³-hybridized carbons (Fsp3) is 0.400. The van der Waals surface area contributed by atoms with E-state index < -0.39 is 0 Å². The Hall–Kier alpha value is -1.85. The summed E-state index contributed by atoms with van der Waals surface area (Å²) in [4.78, 5) is 26.4. The molecular formula is C20H22ClNO3S. The van der Waals surface area contributed by atoms with Gasteiger partial charge < -0.3 is 10.1 Å². The molecule has 0 saturated heterocycles. The van der Waals surface area contributed by atoms with Gasteiger partial charge >= 0.3 is 5.97 Å². The third-order valence-corrected chi connectivity index (χ3v) is 5.91. The molecule has 0 saturated carbocycles. The highest BCUT2D eigenvalue weighted by atomic mass is 35.5. The molecule has 2 aromatic rings. The van der Waals surface area contributed by atoms with Crippen LogP contribution in [0.3, 0.4) is 0 Å². The second-order valence-electron chi connectivity index (χ2n) is 6.65. The minimum Gasteiger partial charge on any atom is -0.462 e. The number of fused-ring (bicyclic) bond motifs is 1. The molecule has 1 aliphatic rings. The molecule has 1 aromatic carbocycles. The van der Waals surface area contributed by atoms with Crippen LogP contribution in [-0.2, 0) is 17.6 Å². The van der Waals surface area contributed by atoms with Crippen LogP contribution in [0.5, 0.6) is 0 Å². The van der Waals surface area contributed by atoms with Gasteiger partial charge in [0.25, 0.3) is 5.91 Å². The lowest BCUT2D eigenvalue weighted by atomic mass is 9.88. The number of thiophene rings is 1. The molecule has 0 fully saturated rings. The van der Waals surface area contributed by atoms with Gasteiger partial charge in [0.15, 0.2) is 0 Å². The van der Waals surface area contributed by atoms with E-state index in [1.807, 2.05) is 6.92 Å². The van der Waals surface area contributed by atoms with Crippen LogP contribution in [0.25, 0.3) is 0 Å². The molecule has 0 radical (unpaired) electrons. The van der Waals surface area contributed by atoms with Gasteiger partial charge in [-0.25, -0.2) is 4.79 Å². The highest BCUT2D eigenvalue weighted by molar-refractivity contribution is 7.17. The summed E-state index contributed by atoms with van der Waals surface area (Å²) in [5.74, 6) is -0.0105. The van der Waals surface area contributed by atoms with Crippen molar-refractivity contribution in [2.45, 2.75) is 39.5 Å². The Morgan fingerprint density at radius 3 is 2.73 bits per heavy atom. The van der Waals surface area contributed by atoms with E-state index in [0.29, 0.717) is 33.7 Å². The van der Waals surface area contributed by atoms with Crippen molar-refractivity contribution in [1.82, 2.24) is 0 Å². The van der Waals surface area contributed by atoms with Gasteiger partial charge in [-0.05, 0) is 61.4 Å². The van der Waals surface area contributed by atoms with E-state index in [9.17, 15) is 9.59 Å². The number of ether oxygens (including phenoxy) is 1. The van der Waals surface area contributed by atoms with E-state index in [4.69, 9.17) is 16.3 Å². The zero-order valence-corrected chi connectivity index (χ0v) is 16.5. The number of nitrogens with one attached hydrogen (secondary N) is 1. The van der Waals surface area contributed by atoms with Gasteiger partial charge in [0.05, 0.1) is 12.2 Å². The smallest absolute Gasteiger partial charge is 0.341 e. The molecule has 0 bridgehead atoms. The number of amides is 1. The van der Waals surface area contributed by atoms with Gasteiger partial charge in [0, 0.05) is 15.5 Å². The van der Waals surface area contributed by atoms with Gasteiger partial charge in [-0.3, -0.25) is 4.79 Å². The first-order valence-corrected chi connectivity index (χ1v) is 10.1. The van der Waals surface area contributed by atoms with E-state index in [1.54, 1.807) is 24.3 Å². The average molecular weight is 392 g/mol. The lowest BCUT2D eigenvalue weighted by Gasteiger charge is -2.18. The predicted octanol–water partition coefficient (Wildman–Crippen LogP) is 5.35. The topological polar surface area (TPSA) is 55.4 Å². The van der Waals surface area contributed by atoms with Crippen molar-refractivity contribution in [1.29, 1.82) is 0 Å². The van der Waals surface area contributed by atoms with Gasteiger partial charge in [0.1, 0.15) is 5.00 Å². The maximum atomic E-state index is 12.6. The van der Waals surface area contributed by atoms with Crippen LogP contribution in [0.1, 0.15) is 57.8 Å². The van der Waals surface area contributed by atoms with Crippen molar-refractivity contribution >= 4 is 39.8 Å². The van der Waals surface area contributed by atoms with E-state index in [0.717, 1.165) is 31.2 Å². The predicted molar refractivity (Wildman–Crippen MR) is 105 cm³/mol. The molecule has 0 spiro atoms. The standard InChI is InChI=1S/C20H22ClNO3S/c1-3-10-25-20(24)17-15-9-4-12(2)11-16(15)26-19(17)22-18(23)13-5-7-14(21)8-6-13/h5-8,12H,3-4,9-11H2,1-2H3,(H,22,23). The van der Waals surface area contributed by atoms with E-state index in [-0.39, 0.29) is 11.9 Å². The van der Waals surface area contributed by atoms with Crippen LogP contribution in [0, 0.1) is 5.92 Å². The average Bonchev–Trinajstić information content (AvgIpc) is 2.97. The summed E-state index contributed by atoms with van der Waals surface area (Å²) in [6.45, 7) is 4.55. The Balaban J connectivity index is 1.91. The van der Waals surface area contributed by atoms with Gasteiger partial charge in [-0.1, -0.05) is 25.4 Å². The molecule has 1 aliphatic carbocycles. The zero-order valence-electron chi connectivity index (χ0n) is 14.9. The number of carbonyl (C=O) groups excluding carboxylic acids is 2. The van der Waals surface area contributed by atoms with Crippen molar-refractivity contribution in [3.05, 3.63) is 50.9 Å². The number of hydrogen-bond acceptors (Lipinski definition) is 4. The molecule has 138 valence electrons. The number of esters is 1. The lowest BCUT2D eigenvalue weighted by Crippen LogP contribution is -2.17. The molecule has 1 atom stereocenters. The number of rotatable bonds is 5. The lowest BCUT2D eigenvalue weighted by molar-refractivity contribution is 0.0505. The normalized spacial score (nSPS) is 16.0. The third-order valence-electron chi connectivity index (χ3n) is 4.49. The molecule has 26 heavy (non-hydrogen) atoms. The first-order chi connectivity index (χ1) is 12.5. The third kappa shape index (κ3) is 4.10. The van der Waals surface area contributed by atoms with Crippen LogP contribution < -0.4 is 5.32 Å². The Bertz CT molecular complexity index is 813. The second-order valence-corrected chi connectivity index (χ2v) is 8.19. The number of halogens is 1. The van der Waals surface area contributed by atoms with Crippen LogP contribution in [0.15, 0.2) is 24.3 Å². The van der Waals surface area contributed by atoms with Gasteiger partial charge in [-0.2, -0.15) is 0 Å². The van der Waals surface area contributed by atoms with Crippen molar-refractivity contribution in [3.63, 3.8) is 0 Å². The molecule has 0 aliphatic heterocycles. The summed E-state index contributed by atoms with van der Waals surface area (Å²) in [6.07, 6.45) is 3.59. The van der Waals surface area contributed by atoms with E-state index in [1.165, 1.54) is 16.2 Å². The second kappa shape index (κ2) is 8.23. The molecule has 1 amide bonds. The Labute approximate surface area is 162 Å². The van der Waals surface area contributed by atoms with Crippen molar-refractivity contribution < 1.29 is 14.3 Å². The number of carbonyl (C=O) groups is 2. The fourth-order valence-corrected chi connectivity index (χ4v) is 4.62. The van der Waals surface area contributed by atoms with Gasteiger partial charge in [0.2, 0.25) is 0 Å². The zero-order chi connectivity index (χ0) is 18.7. The molecule has 1 heterocycles. The van der Waals surface area contributed by atoms with Crippen LogP contribution in [0.4, 0.5) is 5.00 Å². The summed E-state index contributed by atoms with van der Waals surface area (Å²) < 4.78 is 5.37. The van der Waals surface area contributed by atoms with Crippen LogP contribution in [-0.4, -0.2) is 18.5 Å². The highest BCUT2D eigenvalue weighted by Gasteiger charge is 2.29. The molecule has 1 aromatic heterocycles. The quantitative estimate of drug-likeness (QED) is 0.699. The van der Waals surface area contributed by atoms with Gasteiger partial charge in [-0.15, -0.1) is 11.3 Å². The fourth-order valence-electron chi connectivity index (χ4n) is 3.10.